The predicted octanol–water partition coefficient (Wildman–Crippen LogP) is 5.71. The molecule has 3 rings (SSSR count). The van der Waals surface area contributed by atoms with Gasteiger partial charge >= 0.3 is 0 Å². The lowest BCUT2D eigenvalue weighted by Gasteiger charge is -2.13. The number of aromatic hydroxyl groups is 1. The van der Waals surface area contributed by atoms with Gasteiger partial charge in [0.15, 0.2) is 5.69 Å². The number of benzene rings is 2. The first-order valence-electron chi connectivity index (χ1n) is 9.22. The molecule has 0 saturated carbocycles. The minimum Gasteiger partial charge on any atom is -0.497 e. The van der Waals surface area contributed by atoms with Crippen LogP contribution in [0.5, 0.6) is 11.6 Å². The maximum atomic E-state index is 13.0. The van der Waals surface area contributed by atoms with Crippen LogP contribution in [0.25, 0.3) is 0 Å². The molecule has 0 spiro atoms. The quantitative estimate of drug-likeness (QED) is 0.480. The molecule has 1 N–H and O–H groups in total. The van der Waals surface area contributed by atoms with Crippen LogP contribution in [0, 0.1) is 18.3 Å². The van der Waals surface area contributed by atoms with E-state index in [-0.39, 0.29) is 29.0 Å². The summed E-state index contributed by atoms with van der Waals surface area (Å²) < 4.78 is 6.25. The van der Waals surface area contributed by atoms with E-state index in [4.69, 9.17) is 27.9 Å². The highest BCUT2D eigenvalue weighted by Crippen LogP contribution is 2.31. The Bertz CT molecular complexity index is 1250. The zero-order valence-electron chi connectivity index (χ0n) is 16.8. The van der Waals surface area contributed by atoms with E-state index in [0.29, 0.717) is 22.2 Å². The van der Waals surface area contributed by atoms with Gasteiger partial charge in [0.1, 0.15) is 23.1 Å². The Morgan fingerprint density at radius 3 is 2.52 bits per heavy atom. The second-order valence-corrected chi connectivity index (χ2v) is 7.48. The monoisotopic (exact) mass is 456 g/mol. The first-order chi connectivity index (χ1) is 14.8. The number of hydrogen-bond donors (Lipinski definition) is 1. The number of hydrogen-bond acceptors (Lipinski definition) is 6. The Morgan fingerprint density at radius 2 is 1.87 bits per heavy atom. The molecule has 1 heterocycles. The molecule has 0 saturated heterocycles. The first kappa shape index (κ1) is 22.3. The van der Waals surface area contributed by atoms with Gasteiger partial charge in [0.25, 0.3) is 5.56 Å². The highest BCUT2D eigenvalue weighted by Gasteiger charge is 2.19. The van der Waals surface area contributed by atoms with E-state index in [1.54, 1.807) is 19.2 Å². The van der Waals surface area contributed by atoms with Crippen LogP contribution in [-0.4, -0.2) is 16.8 Å². The lowest BCUT2D eigenvalue weighted by atomic mass is 10.1. The van der Waals surface area contributed by atoms with E-state index in [0.717, 1.165) is 10.1 Å². The largest absolute Gasteiger partial charge is 0.497 e. The molecule has 31 heavy (non-hydrogen) atoms. The zero-order chi connectivity index (χ0) is 22.5. The number of methoxy groups -OCH3 is 1. The molecule has 0 aliphatic rings. The fourth-order valence-corrected chi connectivity index (χ4v) is 3.29. The van der Waals surface area contributed by atoms with Crippen LogP contribution in [0.1, 0.15) is 16.7 Å². The van der Waals surface area contributed by atoms with Gasteiger partial charge in [-0.15, -0.1) is 10.2 Å². The molecule has 0 unspecified atom stereocenters. The molecule has 0 radical (unpaired) electrons. The molecule has 158 valence electrons. The van der Waals surface area contributed by atoms with E-state index in [1.165, 1.54) is 13.0 Å². The Balaban J connectivity index is 2.00. The topological polar surface area (TPSA) is 100.0 Å². The highest BCUT2D eigenvalue weighted by molar-refractivity contribution is 6.35. The molecule has 9 heteroatoms. The molecule has 7 nitrogen and oxygen atoms in total. The molecule has 0 aliphatic carbocycles. The molecule has 0 fully saturated rings. The number of azo groups is 1. The normalized spacial score (nSPS) is 10.9. The number of nitrogens with zero attached hydrogens (tertiary/aromatic N) is 4. The Hall–Kier alpha value is -3.34. The van der Waals surface area contributed by atoms with Gasteiger partial charge in [0.05, 0.1) is 12.1 Å². The van der Waals surface area contributed by atoms with Crippen LogP contribution in [0.4, 0.5) is 11.4 Å². The van der Waals surface area contributed by atoms with E-state index < -0.39 is 11.4 Å². The maximum Gasteiger partial charge on any atom is 0.281 e. The maximum absolute atomic E-state index is 13.0. The van der Waals surface area contributed by atoms with Gasteiger partial charge < -0.3 is 9.84 Å². The minimum absolute atomic E-state index is 0.0412. The van der Waals surface area contributed by atoms with E-state index in [9.17, 15) is 15.2 Å². The number of pyridine rings is 1. The van der Waals surface area contributed by atoms with E-state index >= 15 is 0 Å². The summed E-state index contributed by atoms with van der Waals surface area (Å²) in [5.74, 6) is 0.312. The average Bonchev–Trinajstić information content (AvgIpc) is 2.76. The smallest absolute Gasteiger partial charge is 0.281 e. The summed E-state index contributed by atoms with van der Waals surface area (Å²) in [5.41, 5.74) is 0.780. The summed E-state index contributed by atoms with van der Waals surface area (Å²) in [7, 11) is 1.58. The number of aryl methyl sites for hydroxylation is 1. The summed E-state index contributed by atoms with van der Waals surface area (Å²) in [6.45, 7) is 1.67. The van der Waals surface area contributed by atoms with Gasteiger partial charge in [-0.3, -0.25) is 9.36 Å². The molecule has 1 aromatic heterocycles. The standard InChI is InChI=1S/C22H18Cl2N4O3/c1-13-17(12-25)21(29)28(10-9-14-3-6-16(31-2)7-4-14)22(30)20(13)27-26-19-11-15(23)5-8-18(19)24/h3-8,11,29H,9-10H2,1-2H3. The average molecular weight is 457 g/mol. The van der Waals surface area contributed by atoms with Crippen molar-refractivity contribution in [1.29, 1.82) is 5.26 Å². The van der Waals surface area contributed by atoms with E-state index in [1.807, 2.05) is 30.3 Å². The van der Waals surface area contributed by atoms with Crippen molar-refractivity contribution < 1.29 is 9.84 Å². The predicted molar refractivity (Wildman–Crippen MR) is 119 cm³/mol. The van der Waals surface area contributed by atoms with Crippen LogP contribution in [-0.2, 0) is 13.0 Å². The molecule has 0 aliphatic heterocycles. The fraction of sp³-hybridized carbons (Fsp3) is 0.182. The lowest BCUT2D eigenvalue weighted by molar-refractivity contribution is 0.403. The number of halogens is 2. The number of aromatic nitrogens is 1. The van der Waals surface area contributed by atoms with Crippen molar-refractivity contribution in [3.8, 4) is 17.7 Å². The molecular formula is C22H18Cl2N4O3. The van der Waals surface area contributed by atoms with Crippen molar-refractivity contribution in [3.05, 3.63) is 79.6 Å². The summed E-state index contributed by atoms with van der Waals surface area (Å²) in [4.78, 5) is 13.0. The SMILES string of the molecule is COc1ccc(CCn2c(O)c(C#N)c(C)c(N=Nc3cc(Cl)ccc3Cl)c2=O)cc1. The summed E-state index contributed by atoms with van der Waals surface area (Å²) in [5, 5.41) is 28.8. The van der Waals surface area contributed by atoms with Gasteiger partial charge in [-0.05, 0) is 49.2 Å². The molecule has 0 amide bonds. The molecule has 2 aromatic carbocycles. The number of nitriles is 1. The minimum atomic E-state index is -0.565. The van der Waals surface area contributed by atoms with Gasteiger partial charge in [-0.2, -0.15) is 5.26 Å². The van der Waals surface area contributed by atoms with Crippen LogP contribution in [0.2, 0.25) is 10.0 Å². The second kappa shape index (κ2) is 9.65. The fourth-order valence-electron chi connectivity index (χ4n) is 2.96. The van der Waals surface area contributed by atoms with Gasteiger partial charge in [-0.25, -0.2) is 0 Å². The second-order valence-electron chi connectivity index (χ2n) is 6.63. The van der Waals surface area contributed by atoms with Gasteiger partial charge in [0, 0.05) is 17.1 Å². The van der Waals surface area contributed by atoms with Crippen LogP contribution < -0.4 is 10.3 Å². The summed E-state index contributed by atoms with van der Waals surface area (Å²) in [6.07, 6.45) is 0.447. The van der Waals surface area contributed by atoms with E-state index in [2.05, 4.69) is 10.2 Å². The lowest BCUT2D eigenvalue weighted by Crippen LogP contribution is -2.22. The number of rotatable bonds is 6. The summed E-state index contributed by atoms with van der Waals surface area (Å²) in [6, 6.07) is 14.0. The van der Waals surface area contributed by atoms with Crippen molar-refractivity contribution in [3.63, 3.8) is 0 Å². The molecule has 3 aromatic rings. The summed E-state index contributed by atoms with van der Waals surface area (Å²) >= 11 is 12.1. The Labute approximate surface area is 188 Å². The molecule has 0 atom stereocenters. The van der Waals surface area contributed by atoms with Crippen molar-refractivity contribution in [1.82, 2.24) is 4.57 Å². The molecule has 0 bridgehead atoms. The van der Waals surface area contributed by atoms with Crippen molar-refractivity contribution in [2.45, 2.75) is 19.9 Å². The van der Waals surface area contributed by atoms with Crippen LogP contribution in [0.15, 0.2) is 57.5 Å². The van der Waals surface area contributed by atoms with Crippen molar-refractivity contribution in [2.24, 2.45) is 10.2 Å². The van der Waals surface area contributed by atoms with Crippen LogP contribution >= 0.6 is 23.2 Å². The third-order valence-electron chi connectivity index (χ3n) is 4.72. The van der Waals surface area contributed by atoms with Crippen LogP contribution in [0.3, 0.4) is 0 Å². The Kier molecular flexibility index (Phi) is 6.95. The van der Waals surface area contributed by atoms with Crippen molar-refractivity contribution in [2.75, 3.05) is 7.11 Å². The molecular weight excluding hydrogens is 439 g/mol. The third-order valence-corrected chi connectivity index (χ3v) is 5.27. The Morgan fingerprint density at radius 1 is 1.16 bits per heavy atom. The van der Waals surface area contributed by atoms with Crippen molar-refractivity contribution >= 4 is 34.6 Å². The first-order valence-corrected chi connectivity index (χ1v) is 9.97. The zero-order valence-corrected chi connectivity index (χ0v) is 18.3. The van der Waals surface area contributed by atoms with Gasteiger partial charge in [0.2, 0.25) is 5.88 Å². The number of ether oxygens (including phenoxy) is 1. The highest BCUT2D eigenvalue weighted by atomic mass is 35.5. The van der Waals surface area contributed by atoms with Gasteiger partial charge in [-0.1, -0.05) is 35.3 Å². The third kappa shape index (κ3) is 4.88.